The van der Waals surface area contributed by atoms with Gasteiger partial charge >= 0.3 is 5.97 Å². The second-order valence-electron chi connectivity index (χ2n) is 5.70. The Labute approximate surface area is 141 Å². The van der Waals surface area contributed by atoms with Gasteiger partial charge < -0.3 is 14.2 Å². The highest BCUT2D eigenvalue weighted by Crippen LogP contribution is 2.38. The highest BCUT2D eigenvalue weighted by Gasteiger charge is 2.33. The zero-order valence-electron chi connectivity index (χ0n) is 14.0. The molecule has 0 aromatic heterocycles. The maximum atomic E-state index is 12.1. The Hall–Kier alpha value is -2.53. The third kappa shape index (κ3) is 2.95. The van der Waals surface area contributed by atoms with Gasteiger partial charge in [0, 0.05) is 0 Å². The maximum Gasteiger partial charge on any atom is 0.323 e. The van der Waals surface area contributed by atoms with Crippen molar-refractivity contribution in [2.75, 3.05) is 21.3 Å². The van der Waals surface area contributed by atoms with E-state index in [-0.39, 0.29) is 12.0 Å². The Morgan fingerprint density at radius 3 is 2.33 bits per heavy atom. The molecule has 24 heavy (non-hydrogen) atoms. The van der Waals surface area contributed by atoms with Crippen LogP contribution in [0.4, 0.5) is 0 Å². The molecule has 0 amide bonds. The highest BCUT2D eigenvalue weighted by molar-refractivity contribution is 5.77. The van der Waals surface area contributed by atoms with Crippen LogP contribution in [-0.2, 0) is 16.0 Å². The first-order valence-electron chi connectivity index (χ1n) is 7.81. The number of hydrogen-bond donors (Lipinski definition) is 1. The number of fused-ring (bicyclic) bond motifs is 1. The van der Waals surface area contributed by atoms with E-state index in [2.05, 4.69) is 5.32 Å². The molecule has 2 aromatic carbocycles. The van der Waals surface area contributed by atoms with Gasteiger partial charge in [0.15, 0.2) is 11.5 Å². The quantitative estimate of drug-likeness (QED) is 0.875. The molecule has 2 aromatic rings. The third-order valence-corrected chi connectivity index (χ3v) is 4.37. The van der Waals surface area contributed by atoms with Crippen molar-refractivity contribution in [3.05, 3.63) is 59.2 Å². The monoisotopic (exact) mass is 327 g/mol. The van der Waals surface area contributed by atoms with Crippen LogP contribution in [0.3, 0.4) is 0 Å². The molecule has 0 radical (unpaired) electrons. The number of rotatable bonds is 4. The highest BCUT2D eigenvalue weighted by atomic mass is 16.5. The van der Waals surface area contributed by atoms with Crippen molar-refractivity contribution in [1.29, 1.82) is 0 Å². The van der Waals surface area contributed by atoms with Crippen LogP contribution in [0, 0.1) is 0 Å². The lowest BCUT2D eigenvalue weighted by Crippen LogP contribution is -2.45. The standard InChI is InChI=1S/C19H21NO4/c1-22-16-10-13-9-15(19(21)24-3)20-18(12-7-5-4-6-8-12)14(13)11-17(16)23-2/h4-8,10-11,15,18,20H,9H2,1-3H3/t15-,18+/m0/s1. The van der Waals surface area contributed by atoms with Gasteiger partial charge in [-0.25, -0.2) is 0 Å². The van der Waals surface area contributed by atoms with Crippen LogP contribution in [-0.4, -0.2) is 33.3 Å². The van der Waals surface area contributed by atoms with E-state index >= 15 is 0 Å². The van der Waals surface area contributed by atoms with Gasteiger partial charge in [-0.3, -0.25) is 10.1 Å². The summed E-state index contributed by atoms with van der Waals surface area (Å²) >= 11 is 0. The number of hydrogen-bond acceptors (Lipinski definition) is 5. The Bertz CT molecular complexity index is 730. The van der Waals surface area contributed by atoms with Crippen LogP contribution >= 0.6 is 0 Å². The van der Waals surface area contributed by atoms with Gasteiger partial charge in [0.2, 0.25) is 0 Å². The molecule has 1 N–H and O–H groups in total. The first kappa shape index (κ1) is 16.3. The SMILES string of the molecule is COC(=O)[C@@H]1Cc2cc(OC)c(OC)cc2[C@@H](c2ccccc2)N1. The molecular formula is C19H21NO4. The molecule has 0 bridgehead atoms. The Morgan fingerprint density at radius 1 is 1.04 bits per heavy atom. The first-order valence-corrected chi connectivity index (χ1v) is 7.81. The van der Waals surface area contributed by atoms with Crippen LogP contribution < -0.4 is 14.8 Å². The zero-order chi connectivity index (χ0) is 17.1. The van der Waals surface area contributed by atoms with Crippen LogP contribution in [0.1, 0.15) is 22.7 Å². The number of esters is 1. The minimum atomic E-state index is -0.397. The summed E-state index contributed by atoms with van der Waals surface area (Å²) in [4.78, 5) is 12.1. The van der Waals surface area contributed by atoms with E-state index in [1.807, 2.05) is 42.5 Å². The molecule has 1 heterocycles. The van der Waals surface area contributed by atoms with Gasteiger partial charge in [0.25, 0.3) is 0 Å². The fourth-order valence-electron chi connectivity index (χ4n) is 3.17. The molecule has 5 nitrogen and oxygen atoms in total. The second kappa shape index (κ2) is 6.93. The van der Waals surface area contributed by atoms with Crippen molar-refractivity contribution in [3.8, 4) is 11.5 Å². The lowest BCUT2D eigenvalue weighted by Gasteiger charge is -2.33. The number of carbonyl (C=O) groups excluding carboxylic acids is 1. The summed E-state index contributed by atoms with van der Waals surface area (Å²) in [7, 11) is 4.64. The van der Waals surface area contributed by atoms with Gasteiger partial charge in [0.1, 0.15) is 6.04 Å². The first-order chi connectivity index (χ1) is 11.7. The molecule has 3 rings (SSSR count). The molecule has 126 valence electrons. The van der Waals surface area contributed by atoms with Crippen LogP contribution in [0.2, 0.25) is 0 Å². The average molecular weight is 327 g/mol. The van der Waals surface area contributed by atoms with Crippen molar-refractivity contribution >= 4 is 5.97 Å². The summed E-state index contributed by atoms with van der Waals surface area (Å²) in [5.41, 5.74) is 3.22. The largest absolute Gasteiger partial charge is 0.493 e. The van der Waals surface area contributed by atoms with Gasteiger partial charge in [-0.15, -0.1) is 0 Å². The maximum absolute atomic E-state index is 12.1. The second-order valence-corrected chi connectivity index (χ2v) is 5.70. The van der Waals surface area contributed by atoms with E-state index in [0.717, 1.165) is 16.7 Å². The summed E-state index contributed by atoms with van der Waals surface area (Å²) in [6, 6.07) is 13.4. The van der Waals surface area contributed by atoms with Crippen molar-refractivity contribution in [1.82, 2.24) is 5.32 Å². The lowest BCUT2D eigenvalue weighted by atomic mass is 9.86. The van der Waals surface area contributed by atoms with Gasteiger partial charge in [-0.05, 0) is 35.2 Å². The topological polar surface area (TPSA) is 56.8 Å². The molecule has 0 aliphatic carbocycles. The fraction of sp³-hybridized carbons (Fsp3) is 0.316. The molecule has 0 saturated carbocycles. The Morgan fingerprint density at radius 2 is 1.71 bits per heavy atom. The summed E-state index contributed by atoms with van der Waals surface area (Å²) in [6.07, 6.45) is 0.547. The molecular weight excluding hydrogens is 306 g/mol. The van der Waals surface area contributed by atoms with E-state index in [4.69, 9.17) is 14.2 Å². The van der Waals surface area contributed by atoms with E-state index in [9.17, 15) is 4.79 Å². The number of benzene rings is 2. The van der Waals surface area contributed by atoms with Crippen molar-refractivity contribution < 1.29 is 19.0 Å². The molecule has 1 aliphatic heterocycles. The smallest absolute Gasteiger partial charge is 0.323 e. The minimum absolute atomic E-state index is 0.112. The predicted molar refractivity (Wildman–Crippen MR) is 90.5 cm³/mol. The lowest BCUT2D eigenvalue weighted by molar-refractivity contribution is -0.143. The molecule has 0 saturated heterocycles. The normalized spacial score (nSPS) is 19.3. The Balaban J connectivity index is 2.11. The Kier molecular flexibility index (Phi) is 4.71. The molecule has 0 fully saturated rings. The van der Waals surface area contributed by atoms with E-state index < -0.39 is 6.04 Å². The molecule has 1 aliphatic rings. The van der Waals surface area contributed by atoms with Crippen LogP contribution in [0.5, 0.6) is 11.5 Å². The van der Waals surface area contributed by atoms with Gasteiger partial charge in [-0.2, -0.15) is 0 Å². The van der Waals surface area contributed by atoms with Crippen molar-refractivity contribution in [3.63, 3.8) is 0 Å². The van der Waals surface area contributed by atoms with Crippen LogP contribution in [0.15, 0.2) is 42.5 Å². The summed E-state index contributed by atoms with van der Waals surface area (Å²) in [5, 5.41) is 3.39. The molecule has 0 unspecified atom stereocenters. The number of methoxy groups -OCH3 is 3. The van der Waals surface area contributed by atoms with E-state index in [0.29, 0.717) is 17.9 Å². The summed E-state index contributed by atoms with van der Waals surface area (Å²) in [6.45, 7) is 0. The predicted octanol–water partition coefficient (Wildman–Crippen LogP) is 2.48. The summed E-state index contributed by atoms with van der Waals surface area (Å²) in [5.74, 6) is 1.07. The minimum Gasteiger partial charge on any atom is -0.493 e. The third-order valence-electron chi connectivity index (χ3n) is 4.37. The van der Waals surface area contributed by atoms with Crippen molar-refractivity contribution in [2.45, 2.75) is 18.5 Å². The van der Waals surface area contributed by atoms with E-state index in [1.165, 1.54) is 7.11 Å². The fourth-order valence-corrected chi connectivity index (χ4v) is 3.17. The van der Waals surface area contributed by atoms with Crippen molar-refractivity contribution in [2.24, 2.45) is 0 Å². The number of carbonyl (C=O) groups is 1. The van der Waals surface area contributed by atoms with Crippen LogP contribution in [0.25, 0.3) is 0 Å². The summed E-state index contributed by atoms with van der Waals surface area (Å²) < 4.78 is 15.8. The molecule has 5 heteroatoms. The molecule has 2 atom stereocenters. The zero-order valence-corrected chi connectivity index (χ0v) is 14.0. The number of ether oxygens (including phenoxy) is 3. The molecule has 0 spiro atoms. The van der Waals surface area contributed by atoms with E-state index in [1.54, 1.807) is 14.2 Å². The van der Waals surface area contributed by atoms with Gasteiger partial charge in [0.05, 0.1) is 27.4 Å². The average Bonchev–Trinajstić information content (AvgIpc) is 2.65. The van der Waals surface area contributed by atoms with Gasteiger partial charge in [-0.1, -0.05) is 30.3 Å². The number of nitrogens with one attached hydrogen (secondary N) is 1.